The molecule has 1 amide bonds. The Morgan fingerprint density at radius 2 is 1.72 bits per heavy atom. The van der Waals surface area contributed by atoms with Crippen molar-refractivity contribution in [2.45, 2.75) is 66.0 Å². The number of aromatic nitrogens is 1. The fraction of sp³-hybridized carbons (Fsp3) is 0.367. The normalized spacial score (nSPS) is 13.6. The van der Waals surface area contributed by atoms with Crippen molar-refractivity contribution in [3.8, 4) is 11.1 Å². The molecule has 0 spiro atoms. The van der Waals surface area contributed by atoms with Crippen LogP contribution >= 0.6 is 0 Å². The number of hydrogen-bond acceptors (Lipinski definition) is 4. The number of pyridine rings is 1. The maximum Gasteiger partial charge on any atom is 0.253 e. The van der Waals surface area contributed by atoms with E-state index in [1.54, 1.807) is 12.1 Å². The van der Waals surface area contributed by atoms with Crippen molar-refractivity contribution in [2.75, 3.05) is 11.9 Å². The third kappa shape index (κ3) is 4.99. The summed E-state index contributed by atoms with van der Waals surface area (Å²) in [5.74, 6) is -0.210. The van der Waals surface area contributed by atoms with Gasteiger partial charge in [0.25, 0.3) is 11.5 Å². The number of anilines is 1. The van der Waals surface area contributed by atoms with Gasteiger partial charge in [-0.2, -0.15) is 0 Å². The van der Waals surface area contributed by atoms with E-state index in [1.165, 1.54) is 12.8 Å². The Balaban J connectivity index is 1.76. The van der Waals surface area contributed by atoms with Gasteiger partial charge in [-0.3, -0.25) is 14.4 Å². The van der Waals surface area contributed by atoms with Gasteiger partial charge in [0.05, 0.1) is 0 Å². The van der Waals surface area contributed by atoms with Crippen LogP contribution in [0.4, 0.5) is 5.69 Å². The lowest BCUT2D eigenvalue weighted by Gasteiger charge is -2.32. The minimum atomic E-state index is -0.210. The quantitative estimate of drug-likeness (QED) is 0.439. The van der Waals surface area contributed by atoms with E-state index < -0.39 is 0 Å². The Bertz CT molecular complexity index is 1350. The van der Waals surface area contributed by atoms with Crippen LogP contribution < -0.4 is 15.8 Å². The van der Waals surface area contributed by atoms with Gasteiger partial charge in [-0.1, -0.05) is 37.1 Å². The minimum absolute atomic E-state index is 0.157. The molecule has 6 heteroatoms. The van der Waals surface area contributed by atoms with Crippen LogP contribution in [0.25, 0.3) is 11.1 Å². The van der Waals surface area contributed by atoms with E-state index in [0.29, 0.717) is 22.7 Å². The molecule has 1 heterocycles. The van der Waals surface area contributed by atoms with E-state index in [4.69, 9.17) is 0 Å². The Morgan fingerprint density at radius 1 is 1.06 bits per heavy atom. The van der Waals surface area contributed by atoms with Gasteiger partial charge < -0.3 is 15.2 Å². The summed E-state index contributed by atoms with van der Waals surface area (Å²) in [6.45, 7) is 8.00. The summed E-state index contributed by atoms with van der Waals surface area (Å²) >= 11 is 0. The lowest BCUT2D eigenvalue weighted by molar-refractivity contribution is 0.0950. The second-order valence-corrected chi connectivity index (χ2v) is 9.99. The molecule has 1 fully saturated rings. The Hall–Kier alpha value is -3.67. The summed E-state index contributed by atoms with van der Waals surface area (Å²) in [4.78, 5) is 42.3. The van der Waals surface area contributed by atoms with Crippen molar-refractivity contribution in [1.82, 2.24) is 10.3 Å². The molecule has 0 unspecified atom stereocenters. The first-order valence-electron chi connectivity index (χ1n) is 12.6. The molecule has 0 atom stereocenters. The molecular weight excluding hydrogens is 450 g/mol. The molecule has 2 aromatic carbocycles. The maximum absolute atomic E-state index is 13.5. The topological polar surface area (TPSA) is 82.3 Å². The summed E-state index contributed by atoms with van der Waals surface area (Å²) in [7, 11) is 2.13. The summed E-state index contributed by atoms with van der Waals surface area (Å²) in [6.07, 6.45) is 5.56. The SMILES string of the molecule is Cc1cc(C)c(CNC(=O)c2cc(-c3ccc(C=O)cc3)c(C)c(N(C)C3CCCC3)c2C)c(=O)[nH]1. The number of aryl methyl sites for hydroxylation is 2. The van der Waals surface area contributed by atoms with E-state index in [-0.39, 0.29) is 18.0 Å². The van der Waals surface area contributed by atoms with Crippen molar-refractivity contribution >= 4 is 17.9 Å². The highest BCUT2D eigenvalue weighted by molar-refractivity contribution is 5.99. The number of nitrogens with zero attached hydrogens (tertiary/aromatic N) is 1. The van der Waals surface area contributed by atoms with E-state index in [0.717, 1.165) is 58.3 Å². The molecule has 0 aliphatic heterocycles. The molecular formula is C30H35N3O3. The monoisotopic (exact) mass is 485 g/mol. The lowest BCUT2D eigenvalue weighted by atomic mass is 9.91. The zero-order chi connectivity index (χ0) is 26.0. The highest BCUT2D eigenvalue weighted by Crippen LogP contribution is 2.38. The van der Waals surface area contributed by atoms with Crippen LogP contribution in [0.2, 0.25) is 0 Å². The molecule has 1 saturated carbocycles. The molecule has 2 N–H and O–H groups in total. The summed E-state index contributed by atoms with van der Waals surface area (Å²) in [5, 5.41) is 2.99. The largest absolute Gasteiger partial charge is 0.371 e. The van der Waals surface area contributed by atoms with Crippen molar-refractivity contribution in [3.63, 3.8) is 0 Å². The summed E-state index contributed by atoms with van der Waals surface area (Å²) < 4.78 is 0. The molecule has 1 aliphatic carbocycles. The second kappa shape index (κ2) is 10.5. The lowest BCUT2D eigenvalue weighted by Crippen LogP contribution is -2.32. The predicted molar refractivity (Wildman–Crippen MR) is 145 cm³/mol. The standard InChI is InChI=1S/C30H35N3O3/c1-18-14-19(2)32-30(36)27(18)16-31-29(35)26-15-25(23-12-10-22(17-34)11-13-23)20(3)28(21(26)4)33(5)24-8-6-7-9-24/h10-15,17,24H,6-9,16H2,1-5H3,(H,31,35)(H,32,36). The maximum atomic E-state index is 13.5. The first-order valence-corrected chi connectivity index (χ1v) is 12.6. The van der Waals surface area contributed by atoms with E-state index >= 15 is 0 Å². The van der Waals surface area contributed by atoms with Gasteiger partial charge in [0.15, 0.2) is 0 Å². The highest BCUT2D eigenvalue weighted by Gasteiger charge is 2.26. The number of amides is 1. The predicted octanol–water partition coefficient (Wildman–Crippen LogP) is 5.40. The van der Waals surface area contributed by atoms with Crippen LogP contribution in [0.3, 0.4) is 0 Å². The van der Waals surface area contributed by atoms with Crippen molar-refractivity contribution < 1.29 is 9.59 Å². The Kier molecular flexibility index (Phi) is 7.43. The molecule has 4 rings (SSSR count). The number of aldehydes is 1. The average Bonchev–Trinajstić information content (AvgIpc) is 3.38. The third-order valence-corrected chi connectivity index (χ3v) is 7.55. The van der Waals surface area contributed by atoms with Crippen molar-refractivity contribution in [2.24, 2.45) is 0 Å². The molecule has 1 aromatic heterocycles. The van der Waals surface area contributed by atoms with Gasteiger partial charge >= 0.3 is 0 Å². The van der Waals surface area contributed by atoms with E-state index in [9.17, 15) is 14.4 Å². The number of H-pyrrole nitrogens is 1. The first kappa shape index (κ1) is 25.4. The van der Waals surface area contributed by atoms with Gasteiger partial charge in [0.2, 0.25) is 0 Å². The zero-order valence-corrected chi connectivity index (χ0v) is 21.8. The van der Waals surface area contributed by atoms with Gasteiger partial charge in [-0.05, 0) is 80.5 Å². The number of hydrogen-bond donors (Lipinski definition) is 2. The van der Waals surface area contributed by atoms with Crippen LogP contribution in [0, 0.1) is 27.7 Å². The minimum Gasteiger partial charge on any atom is -0.371 e. The summed E-state index contributed by atoms with van der Waals surface area (Å²) in [6, 6.07) is 11.8. The van der Waals surface area contributed by atoms with Crippen LogP contribution in [0.1, 0.15) is 74.3 Å². The Labute approximate surface area is 212 Å². The number of aromatic amines is 1. The Morgan fingerprint density at radius 3 is 2.33 bits per heavy atom. The highest BCUT2D eigenvalue weighted by atomic mass is 16.2. The van der Waals surface area contributed by atoms with Gasteiger partial charge in [-0.25, -0.2) is 0 Å². The molecule has 0 bridgehead atoms. The fourth-order valence-electron chi connectivity index (χ4n) is 5.54. The molecule has 0 radical (unpaired) electrons. The average molecular weight is 486 g/mol. The number of nitrogens with one attached hydrogen (secondary N) is 2. The first-order chi connectivity index (χ1) is 17.2. The van der Waals surface area contributed by atoms with E-state index in [1.807, 2.05) is 45.0 Å². The molecule has 6 nitrogen and oxygen atoms in total. The van der Waals surface area contributed by atoms with Crippen molar-refractivity contribution in [1.29, 1.82) is 0 Å². The van der Waals surface area contributed by atoms with Gasteiger partial charge in [0, 0.05) is 47.7 Å². The van der Waals surface area contributed by atoms with Crippen LogP contribution in [-0.2, 0) is 6.54 Å². The number of carbonyl (C=O) groups is 2. The van der Waals surface area contributed by atoms with Crippen LogP contribution in [0.15, 0.2) is 41.2 Å². The van der Waals surface area contributed by atoms with E-state index in [2.05, 4.69) is 29.2 Å². The summed E-state index contributed by atoms with van der Waals surface area (Å²) in [5.41, 5.74) is 8.30. The van der Waals surface area contributed by atoms with Crippen LogP contribution in [0.5, 0.6) is 0 Å². The zero-order valence-electron chi connectivity index (χ0n) is 21.8. The van der Waals surface area contributed by atoms with Crippen LogP contribution in [-0.4, -0.2) is 30.3 Å². The molecule has 3 aromatic rings. The molecule has 36 heavy (non-hydrogen) atoms. The second-order valence-electron chi connectivity index (χ2n) is 9.99. The number of carbonyl (C=O) groups excluding carboxylic acids is 2. The van der Waals surface area contributed by atoms with Crippen molar-refractivity contribution in [3.05, 3.63) is 85.8 Å². The smallest absolute Gasteiger partial charge is 0.253 e. The molecule has 1 aliphatic rings. The third-order valence-electron chi connectivity index (χ3n) is 7.55. The number of benzene rings is 2. The van der Waals surface area contributed by atoms with Gasteiger partial charge in [0.1, 0.15) is 6.29 Å². The number of rotatable bonds is 7. The van der Waals surface area contributed by atoms with Gasteiger partial charge in [-0.15, -0.1) is 0 Å². The molecule has 188 valence electrons. The fourth-order valence-corrected chi connectivity index (χ4v) is 5.54. The molecule has 0 saturated heterocycles.